The van der Waals surface area contributed by atoms with Crippen LogP contribution in [0.25, 0.3) is 50.0 Å². The number of aryl methyl sites for hydroxylation is 1. The summed E-state index contributed by atoms with van der Waals surface area (Å²) >= 11 is 0. The molecule has 300 valence electrons. The first-order chi connectivity index (χ1) is 31.1. The molecule has 11 aromatic rings. The standard InChI is InChI=1S/C56H40FN5Si/c1-60-48-30-12-11-29-47(48)59-55(60)40-20-15-18-38(36-40)52(57)39-19-16-23-42(37-39)62-53-45(46-28-17-35-58-56(46)62)33-34-50-54(53)63(43-24-7-3-8-25-43,44-26-9-4-10-27-44)51-32-14-13-31-49(51)61(50)41-21-5-2-6-22-41/h2-37,52H,1H3. The van der Waals surface area contributed by atoms with Gasteiger partial charge in [0.1, 0.15) is 11.5 Å². The summed E-state index contributed by atoms with van der Waals surface area (Å²) in [6.45, 7) is 0. The number of rotatable bonds is 7. The Morgan fingerprint density at radius 1 is 0.540 bits per heavy atom. The maximum atomic E-state index is 17.3. The molecular formula is C56H40FN5Si. The lowest BCUT2D eigenvalue weighted by Gasteiger charge is -2.45. The number of pyridine rings is 1. The number of para-hydroxylation sites is 4. The number of hydrogen-bond acceptors (Lipinski definition) is 3. The Bertz CT molecular complexity index is 3470. The lowest BCUT2D eigenvalue weighted by molar-refractivity contribution is 0.402. The first-order valence-corrected chi connectivity index (χ1v) is 23.4. The zero-order chi connectivity index (χ0) is 42.1. The smallest absolute Gasteiger partial charge is 0.186 e. The van der Waals surface area contributed by atoms with Crippen LogP contribution in [-0.4, -0.2) is 27.2 Å². The van der Waals surface area contributed by atoms with Crippen molar-refractivity contribution >= 4 is 78.9 Å². The largest absolute Gasteiger partial charge is 0.327 e. The van der Waals surface area contributed by atoms with Crippen molar-refractivity contribution in [2.75, 3.05) is 4.90 Å². The molecule has 8 aromatic carbocycles. The molecule has 0 bridgehead atoms. The number of imidazole rings is 1. The molecule has 0 N–H and O–H groups in total. The van der Waals surface area contributed by atoms with E-state index in [2.05, 4.69) is 160 Å². The normalized spacial score (nSPS) is 13.6. The van der Waals surface area contributed by atoms with Gasteiger partial charge in [-0.15, -0.1) is 0 Å². The van der Waals surface area contributed by atoms with Crippen molar-refractivity contribution in [3.63, 3.8) is 0 Å². The van der Waals surface area contributed by atoms with Crippen LogP contribution in [0.5, 0.6) is 0 Å². The van der Waals surface area contributed by atoms with Gasteiger partial charge in [-0.05, 0) is 93.4 Å². The number of fused-ring (bicyclic) bond motifs is 7. The second-order valence-electron chi connectivity index (χ2n) is 16.3. The number of benzene rings is 8. The van der Waals surface area contributed by atoms with Crippen molar-refractivity contribution in [1.82, 2.24) is 19.1 Å². The second-order valence-corrected chi connectivity index (χ2v) is 20.0. The summed E-state index contributed by atoms with van der Waals surface area (Å²) in [4.78, 5) is 12.5. The van der Waals surface area contributed by atoms with Crippen LogP contribution in [0, 0.1) is 0 Å². The van der Waals surface area contributed by atoms with Crippen LogP contribution < -0.4 is 25.6 Å². The van der Waals surface area contributed by atoms with E-state index in [0.717, 1.165) is 61.4 Å². The maximum absolute atomic E-state index is 17.3. The number of anilines is 3. The fourth-order valence-corrected chi connectivity index (χ4v) is 15.5. The zero-order valence-corrected chi connectivity index (χ0v) is 35.5. The van der Waals surface area contributed by atoms with Crippen LogP contribution in [0.2, 0.25) is 0 Å². The van der Waals surface area contributed by atoms with Gasteiger partial charge in [-0.3, -0.25) is 4.57 Å². The Labute approximate surface area is 365 Å². The molecule has 0 amide bonds. The molecule has 3 aromatic heterocycles. The van der Waals surface area contributed by atoms with E-state index in [4.69, 9.17) is 9.97 Å². The molecule has 1 aliphatic rings. The maximum Gasteiger partial charge on any atom is 0.186 e. The molecule has 1 aliphatic heterocycles. The third-order valence-corrected chi connectivity index (χ3v) is 17.8. The molecule has 1 unspecified atom stereocenters. The Morgan fingerprint density at radius 3 is 1.95 bits per heavy atom. The van der Waals surface area contributed by atoms with Crippen LogP contribution >= 0.6 is 0 Å². The molecule has 12 rings (SSSR count). The molecule has 63 heavy (non-hydrogen) atoms. The lowest BCUT2D eigenvalue weighted by Crippen LogP contribution is -2.77. The number of halogens is 1. The summed E-state index contributed by atoms with van der Waals surface area (Å²) in [5.74, 6) is 0.802. The molecule has 5 nitrogen and oxygen atoms in total. The summed E-state index contributed by atoms with van der Waals surface area (Å²) in [5, 5.41) is 7.28. The Balaban J connectivity index is 1.14. The summed E-state index contributed by atoms with van der Waals surface area (Å²) in [7, 11) is -1.15. The van der Waals surface area contributed by atoms with E-state index in [0.29, 0.717) is 11.1 Å². The van der Waals surface area contributed by atoms with E-state index in [-0.39, 0.29) is 0 Å². The SMILES string of the molecule is Cn1c(-c2cccc(C(F)c3cccc(-n4c5ncccc5c5ccc6c(c54)[Si](c4ccccc4)(c4ccccc4)c4ccccc4N6c4ccccc4)c3)c2)nc2ccccc21. The van der Waals surface area contributed by atoms with E-state index in [9.17, 15) is 0 Å². The van der Waals surface area contributed by atoms with Crippen LogP contribution in [0.1, 0.15) is 17.3 Å². The highest BCUT2D eigenvalue weighted by atomic mass is 28.3. The van der Waals surface area contributed by atoms with Gasteiger partial charge in [-0.25, -0.2) is 14.4 Å². The highest BCUT2D eigenvalue weighted by molar-refractivity contribution is 7.22. The molecule has 0 spiro atoms. The fraction of sp³-hybridized carbons (Fsp3) is 0.0357. The van der Waals surface area contributed by atoms with E-state index in [1.165, 1.54) is 26.4 Å². The van der Waals surface area contributed by atoms with Crippen molar-refractivity contribution < 1.29 is 4.39 Å². The average Bonchev–Trinajstić information content (AvgIpc) is 3.88. The van der Waals surface area contributed by atoms with E-state index < -0.39 is 14.2 Å². The van der Waals surface area contributed by atoms with Crippen LogP contribution in [0.4, 0.5) is 21.5 Å². The van der Waals surface area contributed by atoms with E-state index >= 15 is 4.39 Å². The van der Waals surface area contributed by atoms with E-state index in [1.807, 2.05) is 80.0 Å². The van der Waals surface area contributed by atoms with Crippen molar-refractivity contribution in [3.05, 3.63) is 230 Å². The van der Waals surface area contributed by atoms with Crippen molar-refractivity contribution in [2.24, 2.45) is 7.05 Å². The van der Waals surface area contributed by atoms with Crippen molar-refractivity contribution in [3.8, 4) is 17.1 Å². The summed E-state index contributed by atoms with van der Waals surface area (Å²) < 4.78 is 21.7. The summed E-state index contributed by atoms with van der Waals surface area (Å²) in [6.07, 6.45) is 0.473. The zero-order valence-electron chi connectivity index (χ0n) is 34.5. The Hall–Kier alpha value is -7.87. The molecule has 0 aliphatic carbocycles. The summed E-state index contributed by atoms with van der Waals surface area (Å²) in [6, 6.07) is 74.4. The van der Waals surface area contributed by atoms with Crippen molar-refractivity contribution in [1.29, 1.82) is 0 Å². The minimum atomic E-state index is -3.16. The first kappa shape index (κ1) is 36.9. The van der Waals surface area contributed by atoms with Gasteiger partial charge < -0.3 is 9.47 Å². The third-order valence-electron chi connectivity index (χ3n) is 12.9. The van der Waals surface area contributed by atoms with Gasteiger partial charge in [-0.2, -0.15) is 0 Å². The molecule has 4 heterocycles. The number of alkyl halides is 1. The number of hydrogen-bond donors (Lipinski definition) is 0. The number of nitrogens with zero attached hydrogens (tertiary/aromatic N) is 5. The highest BCUT2D eigenvalue weighted by Crippen LogP contribution is 2.43. The molecule has 1 atom stereocenters. The van der Waals surface area contributed by atoms with Crippen molar-refractivity contribution in [2.45, 2.75) is 6.17 Å². The van der Waals surface area contributed by atoms with Crippen LogP contribution in [-0.2, 0) is 7.05 Å². The molecule has 0 saturated heterocycles. The molecule has 7 heteroatoms. The number of aromatic nitrogens is 4. The lowest BCUT2D eigenvalue weighted by atomic mass is 10.00. The molecule has 0 saturated carbocycles. The average molecular weight is 830 g/mol. The first-order valence-electron chi connectivity index (χ1n) is 21.4. The van der Waals surface area contributed by atoms with Crippen LogP contribution in [0.3, 0.4) is 0 Å². The van der Waals surface area contributed by atoms with Gasteiger partial charge in [0.2, 0.25) is 0 Å². The highest BCUT2D eigenvalue weighted by Gasteiger charge is 2.50. The topological polar surface area (TPSA) is 38.9 Å². The quantitative estimate of drug-likeness (QED) is 0.150. The van der Waals surface area contributed by atoms with Gasteiger partial charge >= 0.3 is 0 Å². The third kappa shape index (κ3) is 5.60. The van der Waals surface area contributed by atoms with E-state index in [1.54, 1.807) is 0 Å². The second kappa shape index (κ2) is 14.6. The van der Waals surface area contributed by atoms with Crippen LogP contribution in [0.15, 0.2) is 219 Å². The minimum absolute atomic E-state index is 0.566. The van der Waals surface area contributed by atoms with Gasteiger partial charge in [0.15, 0.2) is 14.2 Å². The van der Waals surface area contributed by atoms with Gasteiger partial charge in [-0.1, -0.05) is 146 Å². The molecule has 0 fully saturated rings. The Kier molecular flexibility index (Phi) is 8.59. The molecule has 0 radical (unpaired) electrons. The fourth-order valence-electron chi connectivity index (χ4n) is 10.2. The monoisotopic (exact) mass is 829 g/mol. The molecular weight excluding hydrogens is 790 g/mol. The predicted octanol–water partition coefficient (Wildman–Crippen LogP) is 11.0. The Morgan fingerprint density at radius 2 is 1.19 bits per heavy atom. The van der Waals surface area contributed by atoms with Gasteiger partial charge in [0.05, 0.1) is 16.6 Å². The predicted molar refractivity (Wildman–Crippen MR) is 260 cm³/mol. The van der Waals surface area contributed by atoms with Gasteiger partial charge in [0, 0.05) is 57.5 Å². The summed E-state index contributed by atoms with van der Waals surface area (Å²) in [5.41, 5.74) is 10.1. The van der Waals surface area contributed by atoms with Gasteiger partial charge in [0.25, 0.3) is 0 Å². The minimum Gasteiger partial charge on any atom is -0.327 e.